The van der Waals surface area contributed by atoms with Crippen LogP contribution in [-0.2, 0) is 14.8 Å². The number of nitrogens with two attached hydrogens (primary N) is 1. The molecule has 144 valence electrons. The Morgan fingerprint density at radius 3 is 2.81 bits per heavy atom. The Labute approximate surface area is 151 Å². The highest BCUT2D eigenvalue weighted by Gasteiger charge is 2.27. The molecule has 1 aromatic rings. The molecule has 2 rings (SSSR count). The molecule has 10 nitrogen and oxygen atoms in total. The van der Waals surface area contributed by atoms with Crippen molar-refractivity contribution in [1.29, 1.82) is 0 Å². The molecule has 1 aliphatic heterocycles. The summed E-state index contributed by atoms with van der Waals surface area (Å²) >= 11 is 0. The van der Waals surface area contributed by atoms with Crippen molar-refractivity contribution in [3.63, 3.8) is 0 Å². The monoisotopic (exact) mass is 385 g/mol. The average Bonchev–Trinajstić information content (AvgIpc) is 3.02. The van der Waals surface area contributed by atoms with E-state index in [1.54, 1.807) is 0 Å². The number of primary sulfonamides is 1. The second-order valence-corrected chi connectivity index (χ2v) is 7.66. The Kier molecular flexibility index (Phi) is 6.51. The summed E-state index contributed by atoms with van der Waals surface area (Å²) in [7, 11) is -2.19. The first-order chi connectivity index (χ1) is 12.2. The van der Waals surface area contributed by atoms with Gasteiger partial charge in [-0.1, -0.05) is 0 Å². The molecule has 0 aromatic heterocycles. The second kappa shape index (κ2) is 8.43. The van der Waals surface area contributed by atoms with Crippen molar-refractivity contribution in [3.05, 3.63) is 28.3 Å². The largest absolute Gasteiger partial charge is 0.379 e. The SMILES string of the molecule is CNCC1CCCN1C(=O)CCNc1ccc(S(N)(=O)=O)cc1[N+](=O)[O-]. The van der Waals surface area contributed by atoms with Gasteiger partial charge in [0, 0.05) is 38.2 Å². The van der Waals surface area contributed by atoms with Crippen LogP contribution in [-0.4, -0.2) is 56.9 Å². The molecule has 1 saturated heterocycles. The van der Waals surface area contributed by atoms with Crippen molar-refractivity contribution in [2.24, 2.45) is 5.14 Å². The maximum atomic E-state index is 12.4. The fourth-order valence-corrected chi connectivity index (χ4v) is 3.58. The van der Waals surface area contributed by atoms with E-state index in [2.05, 4.69) is 10.6 Å². The van der Waals surface area contributed by atoms with Crippen molar-refractivity contribution in [1.82, 2.24) is 10.2 Å². The Balaban J connectivity index is 2.01. The van der Waals surface area contributed by atoms with E-state index in [4.69, 9.17) is 5.14 Å². The smallest absolute Gasteiger partial charge is 0.293 e. The van der Waals surface area contributed by atoms with Crippen LogP contribution in [0.5, 0.6) is 0 Å². The van der Waals surface area contributed by atoms with Crippen LogP contribution in [0.25, 0.3) is 0 Å². The van der Waals surface area contributed by atoms with Crippen molar-refractivity contribution < 1.29 is 18.1 Å². The standard InChI is InChI=1S/C15H23N5O5S/c1-17-10-11-3-2-8-19(11)15(21)6-7-18-13-5-4-12(26(16,24)25)9-14(13)20(22)23/h4-5,9,11,17-18H,2-3,6-8,10H2,1H3,(H2,16,24,25). The minimum Gasteiger partial charge on any atom is -0.379 e. The number of benzene rings is 1. The van der Waals surface area contributed by atoms with Crippen LogP contribution in [0.2, 0.25) is 0 Å². The van der Waals surface area contributed by atoms with Gasteiger partial charge in [0.1, 0.15) is 5.69 Å². The summed E-state index contributed by atoms with van der Waals surface area (Å²) < 4.78 is 22.7. The molecule has 1 aromatic carbocycles. The van der Waals surface area contributed by atoms with Gasteiger partial charge >= 0.3 is 0 Å². The summed E-state index contributed by atoms with van der Waals surface area (Å²) in [6.45, 7) is 1.66. The van der Waals surface area contributed by atoms with E-state index in [1.807, 2.05) is 11.9 Å². The van der Waals surface area contributed by atoms with Crippen molar-refractivity contribution in [3.8, 4) is 0 Å². The number of nitro groups is 1. The predicted molar refractivity (Wildman–Crippen MR) is 96.2 cm³/mol. The number of amides is 1. The van der Waals surface area contributed by atoms with Crippen molar-refractivity contribution >= 4 is 27.3 Å². The van der Waals surface area contributed by atoms with E-state index in [9.17, 15) is 23.3 Å². The molecule has 4 N–H and O–H groups in total. The topological polar surface area (TPSA) is 148 Å². The van der Waals surface area contributed by atoms with Crippen LogP contribution >= 0.6 is 0 Å². The number of rotatable bonds is 8. The Morgan fingerprint density at radius 1 is 1.46 bits per heavy atom. The molecule has 1 fully saturated rings. The molecule has 1 heterocycles. The number of nitrogens with one attached hydrogen (secondary N) is 2. The number of likely N-dealkylation sites (tertiary alicyclic amines) is 1. The van der Waals surface area contributed by atoms with Crippen LogP contribution in [0.4, 0.5) is 11.4 Å². The predicted octanol–water partition coefficient (Wildman–Crippen LogP) is 0.255. The maximum Gasteiger partial charge on any atom is 0.293 e. The van der Waals surface area contributed by atoms with E-state index in [1.165, 1.54) is 12.1 Å². The lowest BCUT2D eigenvalue weighted by molar-refractivity contribution is -0.384. The molecule has 0 bridgehead atoms. The third-order valence-electron chi connectivity index (χ3n) is 4.29. The Hall–Kier alpha value is -2.24. The van der Waals surface area contributed by atoms with E-state index in [-0.39, 0.29) is 35.5 Å². The zero-order valence-corrected chi connectivity index (χ0v) is 15.3. The van der Waals surface area contributed by atoms with Gasteiger partial charge in [0.2, 0.25) is 15.9 Å². The van der Waals surface area contributed by atoms with Gasteiger partial charge in [-0.15, -0.1) is 0 Å². The lowest BCUT2D eigenvalue weighted by atomic mass is 10.2. The van der Waals surface area contributed by atoms with Gasteiger partial charge in [0.15, 0.2) is 0 Å². The van der Waals surface area contributed by atoms with E-state index in [0.29, 0.717) is 6.54 Å². The summed E-state index contributed by atoms with van der Waals surface area (Å²) in [5.74, 6) is -0.0148. The normalized spacial score (nSPS) is 17.3. The van der Waals surface area contributed by atoms with E-state index < -0.39 is 20.6 Å². The highest BCUT2D eigenvalue weighted by Crippen LogP contribution is 2.27. The molecule has 1 unspecified atom stereocenters. The zero-order valence-electron chi connectivity index (χ0n) is 14.5. The summed E-state index contributed by atoms with van der Waals surface area (Å²) in [5.41, 5.74) is -0.262. The number of likely N-dealkylation sites (N-methyl/N-ethyl adjacent to an activating group) is 1. The van der Waals surface area contributed by atoms with Gasteiger partial charge in [-0.05, 0) is 32.0 Å². The van der Waals surface area contributed by atoms with Gasteiger partial charge in [0.05, 0.1) is 9.82 Å². The molecule has 0 spiro atoms. The van der Waals surface area contributed by atoms with Crippen molar-refractivity contribution in [2.75, 3.05) is 32.0 Å². The molecule has 1 atom stereocenters. The van der Waals surface area contributed by atoms with Gasteiger partial charge < -0.3 is 15.5 Å². The van der Waals surface area contributed by atoms with Gasteiger partial charge in [0.25, 0.3) is 5.69 Å². The zero-order chi connectivity index (χ0) is 19.3. The third-order valence-corrected chi connectivity index (χ3v) is 5.20. The third kappa shape index (κ3) is 4.90. The quantitative estimate of drug-likeness (QED) is 0.429. The first kappa shape index (κ1) is 20.1. The Morgan fingerprint density at radius 2 is 2.19 bits per heavy atom. The van der Waals surface area contributed by atoms with Crippen LogP contribution in [0, 0.1) is 10.1 Å². The number of nitrogens with zero attached hydrogens (tertiary/aromatic N) is 2. The number of anilines is 1. The number of hydrogen-bond donors (Lipinski definition) is 3. The summed E-state index contributed by atoms with van der Waals surface area (Å²) in [6.07, 6.45) is 2.11. The first-order valence-electron chi connectivity index (χ1n) is 8.23. The fourth-order valence-electron chi connectivity index (χ4n) is 3.05. The average molecular weight is 385 g/mol. The Bertz CT molecular complexity index is 783. The number of nitro benzene ring substituents is 1. The fraction of sp³-hybridized carbons (Fsp3) is 0.533. The van der Waals surface area contributed by atoms with Gasteiger partial charge in [-0.25, -0.2) is 13.6 Å². The van der Waals surface area contributed by atoms with Crippen LogP contribution in [0.15, 0.2) is 23.1 Å². The van der Waals surface area contributed by atoms with E-state index >= 15 is 0 Å². The van der Waals surface area contributed by atoms with Gasteiger partial charge in [-0.3, -0.25) is 14.9 Å². The number of carbonyl (C=O) groups is 1. The van der Waals surface area contributed by atoms with Crippen LogP contribution in [0.1, 0.15) is 19.3 Å². The molecule has 0 radical (unpaired) electrons. The molecule has 1 amide bonds. The lowest BCUT2D eigenvalue weighted by Crippen LogP contribution is -2.41. The second-order valence-electron chi connectivity index (χ2n) is 6.10. The van der Waals surface area contributed by atoms with Crippen LogP contribution < -0.4 is 15.8 Å². The lowest BCUT2D eigenvalue weighted by Gasteiger charge is -2.24. The number of hydrogen-bond acceptors (Lipinski definition) is 7. The molecular formula is C15H23N5O5S. The van der Waals surface area contributed by atoms with Gasteiger partial charge in [-0.2, -0.15) is 0 Å². The highest BCUT2D eigenvalue weighted by atomic mass is 32.2. The number of carbonyl (C=O) groups excluding carboxylic acids is 1. The summed E-state index contributed by atoms with van der Waals surface area (Å²) in [5, 5.41) is 22.1. The number of sulfonamides is 1. The minimum atomic E-state index is -4.03. The minimum absolute atomic E-state index is 0.0148. The maximum absolute atomic E-state index is 12.4. The molecule has 1 aliphatic rings. The highest BCUT2D eigenvalue weighted by molar-refractivity contribution is 7.89. The molecule has 11 heteroatoms. The van der Waals surface area contributed by atoms with Crippen LogP contribution in [0.3, 0.4) is 0 Å². The molecule has 26 heavy (non-hydrogen) atoms. The van der Waals surface area contributed by atoms with E-state index in [0.717, 1.165) is 25.5 Å². The first-order valence-corrected chi connectivity index (χ1v) is 9.78. The molecular weight excluding hydrogens is 362 g/mol. The molecule has 0 aliphatic carbocycles. The summed E-state index contributed by atoms with van der Waals surface area (Å²) in [6, 6.07) is 3.55. The summed E-state index contributed by atoms with van der Waals surface area (Å²) in [4.78, 5) is 24.3. The van der Waals surface area contributed by atoms with Crippen molar-refractivity contribution in [2.45, 2.75) is 30.2 Å². The molecule has 0 saturated carbocycles.